The lowest BCUT2D eigenvalue weighted by molar-refractivity contribution is 0.0890. The van der Waals surface area contributed by atoms with Gasteiger partial charge in [0.05, 0.1) is 11.8 Å². The molecule has 96 valence electrons. The predicted octanol–water partition coefficient (Wildman–Crippen LogP) is 1.84. The Labute approximate surface area is 112 Å². The Balaban J connectivity index is 2.45. The zero-order valence-corrected chi connectivity index (χ0v) is 10.4. The van der Waals surface area contributed by atoms with Crippen LogP contribution in [0, 0.1) is 0 Å². The molecule has 0 saturated heterocycles. The molecule has 0 unspecified atom stereocenters. The number of Topliss-reactive ketones (excluding diaryl/α,β-unsaturated/α-hetero) is 2. The van der Waals surface area contributed by atoms with Gasteiger partial charge in [0.2, 0.25) is 0 Å². The summed E-state index contributed by atoms with van der Waals surface area (Å²) >= 11 is 0. The van der Waals surface area contributed by atoms with Gasteiger partial charge in [0, 0.05) is 27.3 Å². The summed E-state index contributed by atoms with van der Waals surface area (Å²) in [5, 5.41) is 2.18. The van der Waals surface area contributed by atoms with Crippen LogP contribution in [0.4, 0.5) is 0 Å². The van der Waals surface area contributed by atoms with Gasteiger partial charge in [0.1, 0.15) is 5.42 Å². The van der Waals surface area contributed by atoms with Crippen molar-refractivity contribution < 1.29 is 14.0 Å². The Morgan fingerprint density at radius 2 is 1.45 bits per heavy atom. The summed E-state index contributed by atoms with van der Waals surface area (Å²) < 4.78 is 5.08. The third-order valence-electron chi connectivity index (χ3n) is 3.82. The first-order chi connectivity index (χ1) is 9.58. The molecule has 0 atom stereocenters. The van der Waals surface area contributed by atoms with Crippen LogP contribution in [-0.2, 0) is 0 Å². The van der Waals surface area contributed by atoms with E-state index in [1.54, 1.807) is 24.3 Å². The molecule has 0 radical (unpaired) electrons. The largest absolute Gasteiger partial charge is 0.423 e. The van der Waals surface area contributed by atoms with E-state index in [9.17, 15) is 14.4 Å². The maximum Gasteiger partial charge on any atom is 0.344 e. The summed E-state index contributed by atoms with van der Waals surface area (Å²) in [6.07, 6.45) is -0.119. The average Bonchev–Trinajstić information content (AvgIpc) is 2.42. The number of rotatable bonds is 0. The average molecular weight is 264 g/mol. The van der Waals surface area contributed by atoms with Crippen molar-refractivity contribution in [3.05, 3.63) is 51.2 Å². The van der Waals surface area contributed by atoms with Gasteiger partial charge in [-0.1, -0.05) is 6.58 Å². The van der Waals surface area contributed by atoms with Crippen molar-refractivity contribution >= 4 is 39.7 Å². The smallest absolute Gasteiger partial charge is 0.344 e. The first-order valence-electron chi connectivity index (χ1n) is 6.15. The molecule has 0 amide bonds. The van der Waals surface area contributed by atoms with Crippen molar-refractivity contribution in [3.8, 4) is 0 Å². The second-order valence-corrected chi connectivity index (χ2v) is 4.91. The van der Waals surface area contributed by atoms with Crippen LogP contribution in [0.25, 0.3) is 28.1 Å². The Morgan fingerprint density at radius 3 is 2.10 bits per heavy atom. The van der Waals surface area contributed by atoms with E-state index in [0.717, 1.165) is 0 Å². The van der Waals surface area contributed by atoms with Crippen molar-refractivity contribution in [2.24, 2.45) is 0 Å². The van der Waals surface area contributed by atoms with Gasteiger partial charge in [-0.25, -0.2) is 4.79 Å². The standard InChI is InChI=1S/C16H8O4/c1-7-8-2-3-9-12(17)6-13(18)10-4-5-11(16(19)20-7)14(8)15(9)10/h2-5H,1,6H2. The van der Waals surface area contributed by atoms with Crippen molar-refractivity contribution in [2.45, 2.75) is 6.42 Å². The van der Waals surface area contributed by atoms with Gasteiger partial charge < -0.3 is 4.42 Å². The molecule has 0 fully saturated rings. The normalized spacial score (nSPS) is 14.4. The zero-order valence-electron chi connectivity index (χ0n) is 10.4. The van der Waals surface area contributed by atoms with Gasteiger partial charge in [0.15, 0.2) is 11.6 Å². The summed E-state index contributed by atoms with van der Waals surface area (Å²) in [7, 11) is 0. The molecule has 1 aliphatic carbocycles. The van der Waals surface area contributed by atoms with E-state index in [1.807, 2.05) is 0 Å². The molecule has 4 nitrogen and oxygen atoms in total. The fraction of sp³-hybridized carbons (Fsp3) is 0.0625. The fourth-order valence-electron chi connectivity index (χ4n) is 2.92. The predicted molar refractivity (Wildman–Crippen MR) is 74.0 cm³/mol. The SMILES string of the molecule is C=c1oc(=O)c2ccc3c4c(ccc1c42)C(=O)CC3=O. The highest BCUT2D eigenvalue weighted by Crippen LogP contribution is 2.33. The maximum absolute atomic E-state index is 12.0. The summed E-state index contributed by atoms with van der Waals surface area (Å²) in [6, 6.07) is 6.56. The van der Waals surface area contributed by atoms with Gasteiger partial charge in [0.25, 0.3) is 0 Å². The van der Waals surface area contributed by atoms with E-state index in [0.29, 0.717) is 32.7 Å². The third-order valence-corrected chi connectivity index (χ3v) is 3.82. The quantitative estimate of drug-likeness (QED) is 0.581. The molecule has 20 heavy (non-hydrogen) atoms. The minimum absolute atomic E-state index is 0.119. The molecule has 0 N–H and O–H groups in total. The van der Waals surface area contributed by atoms with Crippen molar-refractivity contribution in [1.82, 2.24) is 0 Å². The van der Waals surface area contributed by atoms with E-state index in [4.69, 9.17) is 4.42 Å². The van der Waals surface area contributed by atoms with Crippen LogP contribution < -0.4 is 11.0 Å². The molecule has 3 aromatic rings. The van der Waals surface area contributed by atoms with Gasteiger partial charge in [-0.2, -0.15) is 0 Å². The van der Waals surface area contributed by atoms with E-state index < -0.39 is 5.63 Å². The molecule has 0 aliphatic heterocycles. The van der Waals surface area contributed by atoms with Crippen LogP contribution in [-0.4, -0.2) is 11.6 Å². The third kappa shape index (κ3) is 1.18. The fourth-order valence-corrected chi connectivity index (χ4v) is 2.92. The number of carbonyl (C=O) groups is 2. The molecule has 2 aromatic carbocycles. The molecule has 0 spiro atoms. The molecule has 1 heterocycles. The van der Waals surface area contributed by atoms with E-state index in [2.05, 4.69) is 6.58 Å². The summed E-state index contributed by atoms with van der Waals surface area (Å²) in [6.45, 7) is 3.72. The lowest BCUT2D eigenvalue weighted by Crippen LogP contribution is -2.19. The van der Waals surface area contributed by atoms with Crippen LogP contribution in [0.1, 0.15) is 27.1 Å². The molecule has 1 aliphatic rings. The van der Waals surface area contributed by atoms with Crippen molar-refractivity contribution in [2.75, 3.05) is 0 Å². The lowest BCUT2D eigenvalue weighted by Gasteiger charge is -2.17. The number of carbonyl (C=O) groups excluding carboxylic acids is 2. The van der Waals surface area contributed by atoms with Crippen LogP contribution in [0.15, 0.2) is 33.5 Å². The van der Waals surface area contributed by atoms with Crippen LogP contribution in [0.3, 0.4) is 0 Å². The topological polar surface area (TPSA) is 64.3 Å². The highest BCUT2D eigenvalue weighted by Gasteiger charge is 2.27. The molecule has 4 rings (SSSR count). The number of hydrogen-bond acceptors (Lipinski definition) is 4. The number of benzene rings is 2. The first-order valence-corrected chi connectivity index (χ1v) is 6.15. The molecular weight excluding hydrogens is 256 g/mol. The van der Waals surface area contributed by atoms with E-state index in [1.165, 1.54) is 0 Å². The highest BCUT2D eigenvalue weighted by molar-refractivity contribution is 6.31. The number of hydrogen-bond donors (Lipinski definition) is 0. The van der Waals surface area contributed by atoms with Gasteiger partial charge in [-0.15, -0.1) is 0 Å². The summed E-state index contributed by atoms with van der Waals surface area (Å²) in [4.78, 5) is 36.0. The van der Waals surface area contributed by atoms with E-state index in [-0.39, 0.29) is 23.4 Å². The van der Waals surface area contributed by atoms with Gasteiger partial charge in [-0.05, 0) is 24.3 Å². The monoisotopic (exact) mass is 264 g/mol. The van der Waals surface area contributed by atoms with Crippen LogP contribution in [0.2, 0.25) is 0 Å². The first kappa shape index (κ1) is 11.1. The molecular formula is C16H8O4. The Morgan fingerprint density at radius 1 is 0.850 bits per heavy atom. The van der Waals surface area contributed by atoms with Gasteiger partial charge in [-0.3, -0.25) is 9.59 Å². The molecule has 0 saturated carbocycles. The highest BCUT2D eigenvalue weighted by atomic mass is 16.4. The Hall–Kier alpha value is -2.75. The van der Waals surface area contributed by atoms with Crippen molar-refractivity contribution in [1.29, 1.82) is 0 Å². The van der Waals surface area contributed by atoms with Gasteiger partial charge >= 0.3 is 5.63 Å². The van der Waals surface area contributed by atoms with Crippen molar-refractivity contribution in [3.63, 3.8) is 0 Å². The Bertz CT molecular complexity index is 962. The lowest BCUT2D eigenvalue weighted by atomic mass is 9.85. The molecule has 4 heteroatoms. The molecule has 1 aromatic heterocycles. The van der Waals surface area contributed by atoms with E-state index >= 15 is 0 Å². The Kier molecular flexibility index (Phi) is 1.90. The second kappa shape index (κ2) is 3.42. The number of ketones is 2. The molecule has 0 bridgehead atoms. The van der Waals surface area contributed by atoms with Crippen LogP contribution >= 0.6 is 0 Å². The van der Waals surface area contributed by atoms with Crippen LogP contribution in [0.5, 0.6) is 0 Å². The minimum atomic E-state index is -0.503. The zero-order chi connectivity index (χ0) is 14.0. The minimum Gasteiger partial charge on any atom is -0.423 e. The maximum atomic E-state index is 12.0. The summed E-state index contributed by atoms with van der Waals surface area (Å²) in [5.74, 6) is -0.425. The second-order valence-electron chi connectivity index (χ2n) is 4.91. The summed E-state index contributed by atoms with van der Waals surface area (Å²) in [5.41, 5.74) is 0.721.